The van der Waals surface area contributed by atoms with E-state index in [1.165, 1.54) is 10.5 Å². The van der Waals surface area contributed by atoms with Crippen LogP contribution in [-0.4, -0.2) is 19.3 Å². The lowest BCUT2D eigenvalue weighted by Crippen LogP contribution is -2.62. The van der Waals surface area contributed by atoms with Crippen molar-refractivity contribution in [1.82, 2.24) is 5.32 Å². The van der Waals surface area contributed by atoms with Crippen molar-refractivity contribution < 1.29 is 0 Å². The molecule has 1 aromatic carbocycles. The smallest absolute Gasteiger partial charge is 0.0673 e. The van der Waals surface area contributed by atoms with Crippen LogP contribution in [0, 0.1) is 0 Å². The summed E-state index contributed by atoms with van der Waals surface area (Å²) >= 11 is 1.76. The third-order valence-electron chi connectivity index (χ3n) is 2.52. The molecule has 0 aromatic heterocycles. The first-order chi connectivity index (χ1) is 6.26. The highest BCUT2D eigenvalue weighted by Crippen LogP contribution is 2.30. The number of benzene rings is 1. The first-order valence-corrected chi connectivity index (χ1v) is 5.62. The van der Waals surface area contributed by atoms with Gasteiger partial charge in [-0.15, -0.1) is 11.8 Å². The molecule has 0 bridgehead atoms. The minimum Gasteiger partial charge on any atom is -0.319 e. The van der Waals surface area contributed by atoms with Crippen molar-refractivity contribution in [2.75, 3.05) is 19.3 Å². The first kappa shape index (κ1) is 9.06. The van der Waals surface area contributed by atoms with Gasteiger partial charge in [-0.2, -0.15) is 0 Å². The molecule has 70 valence electrons. The van der Waals surface area contributed by atoms with E-state index in [4.69, 9.17) is 5.73 Å². The van der Waals surface area contributed by atoms with E-state index in [1.54, 1.807) is 11.8 Å². The van der Waals surface area contributed by atoms with E-state index in [2.05, 4.69) is 35.8 Å². The van der Waals surface area contributed by atoms with Crippen molar-refractivity contribution in [1.29, 1.82) is 0 Å². The van der Waals surface area contributed by atoms with Gasteiger partial charge in [-0.1, -0.05) is 18.2 Å². The maximum atomic E-state index is 6.22. The molecule has 1 saturated heterocycles. The summed E-state index contributed by atoms with van der Waals surface area (Å²) < 4.78 is 0. The summed E-state index contributed by atoms with van der Waals surface area (Å²) in [7, 11) is 0. The third kappa shape index (κ3) is 1.47. The number of hydrogen-bond acceptors (Lipinski definition) is 3. The summed E-state index contributed by atoms with van der Waals surface area (Å²) in [6.07, 6.45) is 2.09. The molecule has 13 heavy (non-hydrogen) atoms. The second-order valence-electron chi connectivity index (χ2n) is 3.46. The second kappa shape index (κ2) is 3.33. The van der Waals surface area contributed by atoms with Gasteiger partial charge in [0.25, 0.3) is 0 Å². The molecular formula is C10H14N2S. The van der Waals surface area contributed by atoms with Crippen molar-refractivity contribution in [3.63, 3.8) is 0 Å². The van der Waals surface area contributed by atoms with Crippen LogP contribution in [0.3, 0.4) is 0 Å². The summed E-state index contributed by atoms with van der Waals surface area (Å²) in [4.78, 5) is 1.30. The lowest BCUT2D eigenvalue weighted by molar-refractivity contribution is 0.282. The number of nitrogens with two attached hydrogens (primary N) is 1. The van der Waals surface area contributed by atoms with E-state index in [0.717, 1.165) is 13.1 Å². The lowest BCUT2D eigenvalue weighted by Gasteiger charge is -2.40. The topological polar surface area (TPSA) is 38.0 Å². The fraction of sp³-hybridized carbons (Fsp3) is 0.400. The Bertz CT molecular complexity index is 308. The van der Waals surface area contributed by atoms with Gasteiger partial charge >= 0.3 is 0 Å². The van der Waals surface area contributed by atoms with Crippen LogP contribution in [0.15, 0.2) is 29.2 Å². The Morgan fingerprint density at radius 1 is 1.38 bits per heavy atom. The van der Waals surface area contributed by atoms with Gasteiger partial charge < -0.3 is 11.1 Å². The van der Waals surface area contributed by atoms with Crippen LogP contribution in [0.2, 0.25) is 0 Å². The number of rotatable bonds is 2. The zero-order valence-electron chi connectivity index (χ0n) is 7.71. The fourth-order valence-corrected chi connectivity index (χ4v) is 2.35. The summed E-state index contributed by atoms with van der Waals surface area (Å²) in [6, 6.07) is 8.38. The molecule has 0 radical (unpaired) electrons. The average molecular weight is 194 g/mol. The molecule has 0 spiro atoms. The highest BCUT2D eigenvalue weighted by molar-refractivity contribution is 7.98. The summed E-state index contributed by atoms with van der Waals surface area (Å²) in [5.41, 5.74) is 7.38. The minimum absolute atomic E-state index is 0.125. The van der Waals surface area contributed by atoms with E-state index in [1.807, 2.05) is 0 Å². The fourth-order valence-electron chi connectivity index (χ4n) is 1.64. The predicted octanol–water partition coefficient (Wildman–Crippen LogP) is 1.17. The first-order valence-electron chi connectivity index (χ1n) is 4.39. The second-order valence-corrected chi connectivity index (χ2v) is 4.31. The molecule has 1 fully saturated rings. The van der Waals surface area contributed by atoms with Crippen LogP contribution in [0.25, 0.3) is 0 Å². The molecule has 0 aliphatic carbocycles. The Hall–Kier alpha value is -0.510. The largest absolute Gasteiger partial charge is 0.319 e. The monoisotopic (exact) mass is 194 g/mol. The van der Waals surface area contributed by atoms with Crippen molar-refractivity contribution in [3.05, 3.63) is 29.8 Å². The van der Waals surface area contributed by atoms with E-state index >= 15 is 0 Å². The van der Waals surface area contributed by atoms with Crippen LogP contribution in [0.1, 0.15) is 5.56 Å². The Morgan fingerprint density at radius 2 is 2.08 bits per heavy atom. The van der Waals surface area contributed by atoms with Gasteiger partial charge in [0.05, 0.1) is 5.54 Å². The zero-order valence-corrected chi connectivity index (χ0v) is 8.53. The van der Waals surface area contributed by atoms with Crippen LogP contribution in [0.5, 0.6) is 0 Å². The number of hydrogen-bond donors (Lipinski definition) is 2. The summed E-state index contributed by atoms with van der Waals surface area (Å²) in [5, 5.41) is 3.22. The molecule has 2 rings (SSSR count). The normalized spacial score (nSPS) is 19.5. The molecule has 0 unspecified atom stereocenters. The van der Waals surface area contributed by atoms with Gasteiger partial charge in [-0.3, -0.25) is 0 Å². The van der Waals surface area contributed by atoms with Gasteiger partial charge in [0.1, 0.15) is 0 Å². The Balaban J connectivity index is 2.38. The highest BCUT2D eigenvalue weighted by Gasteiger charge is 2.35. The van der Waals surface area contributed by atoms with E-state index in [0.29, 0.717) is 0 Å². The van der Waals surface area contributed by atoms with Crippen LogP contribution >= 0.6 is 11.8 Å². The molecule has 0 saturated carbocycles. The molecule has 1 aliphatic rings. The van der Waals surface area contributed by atoms with Crippen LogP contribution in [-0.2, 0) is 5.54 Å². The predicted molar refractivity (Wildman–Crippen MR) is 57.0 cm³/mol. The third-order valence-corrected chi connectivity index (χ3v) is 3.32. The SMILES string of the molecule is CSc1ccccc1C1(N)CNC1. The average Bonchev–Trinajstić information content (AvgIpc) is 2.14. The van der Waals surface area contributed by atoms with Gasteiger partial charge in [0, 0.05) is 18.0 Å². The number of thioether (sulfide) groups is 1. The maximum absolute atomic E-state index is 6.22. The summed E-state index contributed by atoms with van der Waals surface area (Å²) in [6.45, 7) is 1.79. The quantitative estimate of drug-likeness (QED) is 0.694. The Kier molecular flexibility index (Phi) is 2.32. The van der Waals surface area contributed by atoms with Gasteiger partial charge in [-0.05, 0) is 17.9 Å². The van der Waals surface area contributed by atoms with Crippen LogP contribution < -0.4 is 11.1 Å². The zero-order chi connectivity index (χ0) is 9.31. The molecule has 1 aliphatic heterocycles. The molecule has 0 atom stereocenters. The molecule has 1 aromatic rings. The molecular weight excluding hydrogens is 180 g/mol. The lowest BCUT2D eigenvalue weighted by atomic mass is 9.85. The van der Waals surface area contributed by atoms with Gasteiger partial charge in [0.2, 0.25) is 0 Å². The van der Waals surface area contributed by atoms with Crippen molar-refractivity contribution >= 4 is 11.8 Å². The standard InChI is InChI=1S/C10H14N2S/c1-13-9-5-3-2-4-8(9)10(11)6-12-7-10/h2-5,12H,6-7,11H2,1H3. The Morgan fingerprint density at radius 3 is 2.62 bits per heavy atom. The molecule has 3 heteroatoms. The van der Waals surface area contributed by atoms with Crippen molar-refractivity contribution in [3.8, 4) is 0 Å². The maximum Gasteiger partial charge on any atom is 0.0673 e. The number of nitrogens with one attached hydrogen (secondary N) is 1. The molecule has 1 heterocycles. The van der Waals surface area contributed by atoms with Gasteiger partial charge in [-0.25, -0.2) is 0 Å². The Labute approximate surface area is 82.9 Å². The molecule has 3 N–H and O–H groups in total. The molecule has 0 amide bonds. The highest BCUT2D eigenvalue weighted by atomic mass is 32.2. The van der Waals surface area contributed by atoms with Gasteiger partial charge in [0.15, 0.2) is 0 Å². The minimum atomic E-state index is -0.125. The van der Waals surface area contributed by atoms with Crippen molar-refractivity contribution in [2.24, 2.45) is 5.73 Å². The summed E-state index contributed by atoms with van der Waals surface area (Å²) in [5.74, 6) is 0. The van der Waals surface area contributed by atoms with E-state index < -0.39 is 0 Å². The van der Waals surface area contributed by atoms with E-state index in [-0.39, 0.29) is 5.54 Å². The van der Waals surface area contributed by atoms with Crippen molar-refractivity contribution in [2.45, 2.75) is 10.4 Å². The van der Waals surface area contributed by atoms with Crippen LogP contribution in [0.4, 0.5) is 0 Å². The molecule has 2 nitrogen and oxygen atoms in total. The van der Waals surface area contributed by atoms with E-state index in [9.17, 15) is 0 Å².